The molecular weight excluding hydrogens is 282 g/mol. The Hall–Kier alpha value is -2.47. The maximum atomic E-state index is 5.83. The smallest absolute Gasteiger partial charge is 0.107 e. The first-order valence-corrected chi connectivity index (χ1v) is 6.92. The molecule has 0 aliphatic rings. The number of benzene rings is 1. The molecule has 5 nitrogen and oxygen atoms in total. The summed E-state index contributed by atoms with van der Waals surface area (Å²) in [6.07, 6.45) is 3.63. The molecule has 21 heavy (non-hydrogen) atoms. The van der Waals surface area contributed by atoms with Crippen LogP contribution in [0.3, 0.4) is 0 Å². The molecule has 106 valence electrons. The predicted octanol–water partition coefficient (Wildman–Crippen LogP) is 2.65. The van der Waals surface area contributed by atoms with E-state index in [4.69, 9.17) is 18.0 Å². The molecule has 0 bridgehead atoms. The molecule has 6 heteroatoms. The van der Waals surface area contributed by atoms with E-state index < -0.39 is 0 Å². The molecule has 0 atom stereocenters. The van der Waals surface area contributed by atoms with Gasteiger partial charge in [0.15, 0.2) is 0 Å². The van der Waals surface area contributed by atoms with Gasteiger partial charge in [0.1, 0.15) is 4.99 Å². The van der Waals surface area contributed by atoms with Gasteiger partial charge in [0.05, 0.1) is 28.1 Å². The number of hydrogen-bond donors (Lipinski definition) is 2. The van der Waals surface area contributed by atoms with Crippen LogP contribution in [0.4, 0.5) is 11.4 Å². The molecular formula is C15H15N5S. The highest BCUT2D eigenvalue weighted by Gasteiger charge is 2.13. The highest BCUT2D eigenvalue weighted by molar-refractivity contribution is 7.80. The monoisotopic (exact) mass is 297 g/mol. The summed E-state index contributed by atoms with van der Waals surface area (Å²) in [5.41, 5.74) is 10.1. The summed E-state index contributed by atoms with van der Waals surface area (Å²) in [4.78, 5) is 4.72. The fourth-order valence-corrected chi connectivity index (χ4v) is 2.47. The third kappa shape index (κ3) is 2.45. The molecule has 0 radical (unpaired) electrons. The summed E-state index contributed by atoms with van der Waals surface area (Å²) >= 11 is 5.14. The standard InChI is InChI=1S/C15H15N5S/c1-9-13(8-20(2)19-9)18-14-10-5-3-4-6-12(10)17-7-11(14)15(16)21/h3-8H,1-2H3,(H2,16,21)(H,17,18). The molecule has 3 rings (SSSR count). The average Bonchev–Trinajstić information content (AvgIpc) is 2.77. The molecule has 0 saturated carbocycles. The van der Waals surface area contributed by atoms with Gasteiger partial charge >= 0.3 is 0 Å². The van der Waals surface area contributed by atoms with Crippen LogP contribution in [0.25, 0.3) is 10.9 Å². The Balaban J connectivity index is 2.21. The van der Waals surface area contributed by atoms with Gasteiger partial charge in [-0.15, -0.1) is 0 Å². The number of para-hydroxylation sites is 1. The molecule has 0 saturated heterocycles. The lowest BCUT2D eigenvalue weighted by Crippen LogP contribution is -2.13. The fraction of sp³-hybridized carbons (Fsp3) is 0.133. The number of thiocarbonyl (C=S) groups is 1. The lowest BCUT2D eigenvalue weighted by atomic mass is 10.1. The third-order valence-electron chi connectivity index (χ3n) is 3.31. The molecule has 3 aromatic rings. The van der Waals surface area contributed by atoms with Gasteiger partial charge in [-0.2, -0.15) is 5.10 Å². The number of nitrogens with zero attached hydrogens (tertiary/aromatic N) is 3. The van der Waals surface area contributed by atoms with E-state index in [9.17, 15) is 0 Å². The molecule has 0 fully saturated rings. The van der Waals surface area contributed by atoms with E-state index in [0.29, 0.717) is 4.99 Å². The Labute approximate surface area is 127 Å². The first-order chi connectivity index (χ1) is 10.1. The third-order valence-corrected chi connectivity index (χ3v) is 3.53. The topological polar surface area (TPSA) is 68.8 Å². The van der Waals surface area contributed by atoms with E-state index in [1.807, 2.05) is 44.4 Å². The van der Waals surface area contributed by atoms with Gasteiger partial charge < -0.3 is 11.1 Å². The molecule has 0 unspecified atom stereocenters. The van der Waals surface area contributed by atoms with Crippen LogP contribution in [-0.2, 0) is 7.05 Å². The summed E-state index contributed by atoms with van der Waals surface area (Å²) in [6, 6.07) is 7.88. The SMILES string of the molecule is Cc1nn(C)cc1Nc1c(C(N)=S)cnc2ccccc12. The van der Waals surface area contributed by atoms with Crippen molar-refractivity contribution in [2.75, 3.05) is 5.32 Å². The minimum atomic E-state index is 0.317. The van der Waals surface area contributed by atoms with Crippen LogP contribution >= 0.6 is 12.2 Å². The Morgan fingerprint density at radius 1 is 1.33 bits per heavy atom. The van der Waals surface area contributed by atoms with Gasteiger partial charge in [-0.05, 0) is 13.0 Å². The van der Waals surface area contributed by atoms with Crippen molar-refractivity contribution in [3.63, 3.8) is 0 Å². The Kier molecular flexibility index (Phi) is 3.31. The van der Waals surface area contributed by atoms with Crippen LogP contribution in [-0.4, -0.2) is 19.8 Å². The number of aryl methyl sites for hydroxylation is 2. The highest BCUT2D eigenvalue weighted by Crippen LogP contribution is 2.29. The molecule has 2 aromatic heterocycles. The largest absolute Gasteiger partial charge is 0.389 e. The van der Waals surface area contributed by atoms with Crippen molar-refractivity contribution in [2.45, 2.75) is 6.92 Å². The molecule has 0 aliphatic carbocycles. The number of nitrogens with one attached hydrogen (secondary N) is 1. The Morgan fingerprint density at radius 3 is 2.76 bits per heavy atom. The van der Waals surface area contributed by atoms with Crippen LogP contribution in [0.5, 0.6) is 0 Å². The van der Waals surface area contributed by atoms with E-state index in [2.05, 4.69) is 15.4 Å². The zero-order valence-electron chi connectivity index (χ0n) is 11.8. The summed E-state index contributed by atoms with van der Waals surface area (Å²) in [7, 11) is 1.89. The van der Waals surface area contributed by atoms with Crippen LogP contribution in [0.2, 0.25) is 0 Å². The second-order valence-corrected chi connectivity index (χ2v) is 5.29. The average molecular weight is 297 g/mol. The lowest BCUT2D eigenvalue weighted by molar-refractivity contribution is 0.756. The fourth-order valence-electron chi connectivity index (χ4n) is 2.32. The van der Waals surface area contributed by atoms with E-state index in [0.717, 1.165) is 33.5 Å². The number of aromatic nitrogens is 3. The molecule has 0 amide bonds. The van der Waals surface area contributed by atoms with E-state index >= 15 is 0 Å². The van der Waals surface area contributed by atoms with Crippen molar-refractivity contribution < 1.29 is 0 Å². The second kappa shape index (κ2) is 5.14. The molecule has 2 heterocycles. The summed E-state index contributed by atoms with van der Waals surface area (Å²) < 4.78 is 1.77. The number of fused-ring (bicyclic) bond motifs is 1. The minimum Gasteiger partial charge on any atom is -0.389 e. The number of hydrogen-bond acceptors (Lipinski definition) is 4. The van der Waals surface area contributed by atoms with Gasteiger partial charge in [0.2, 0.25) is 0 Å². The quantitative estimate of drug-likeness (QED) is 0.727. The van der Waals surface area contributed by atoms with Gasteiger partial charge in [-0.25, -0.2) is 0 Å². The summed E-state index contributed by atoms with van der Waals surface area (Å²) in [5, 5.41) is 8.71. The number of rotatable bonds is 3. The van der Waals surface area contributed by atoms with Gasteiger partial charge in [0.25, 0.3) is 0 Å². The van der Waals surface area contributed by atoms with Crippen molar-refractivity contribution in [2.24, 2.45) is 12.8 Å². The van der Waals surface area contributed by atoms with Crippen molar-refractivity contribution >= 4 is 39.5 Å². The van der Waals surface area contributed by atoms with E-state index in [1.165, 1.54) is 0 Å². The molecule has 3 N–H and O–H groups in total. The van der Waals surface area contributed by atoms with Crippen molar-refractivity contribution in [3.8, 4) is 0 Å². The predicted molar refractivity (Wildman–Crippen MR) is 88.9 cm³/mol. The second-order valence-electron chi connectivity index (χ2n) is 4.86. The van der Waals surface area contributed by atoms with Crippen LogP contribution < -0.4 is 11.1 Å². The van der Waals surface area contributed by atoms with E-state index in [-0.39, 0.29) is 0 Å². The van der Waals surface area contributed by atoms with Gasteiger partial charge in [-0.3, -0.25) is 9.67 Å². The first-order valence-electron chi connectivity index (χ1n) is 6.51. The molecule has 1 aromatic carbocycles. The maximum Gasteiger partial charge on any atom is 0.107 e. The summed E-state index contributed by atoms with van der Waals surface area (Å²) in [5.74, 6) is 0. The Morgan fingerprint density at radius 2 is 2.10 bits per heavy atom. The maximum absolute atomic E-state index is 5.83. The first kappa shape index (κ1) is 13.5. The van der Waals surface area contributed by atoms with Crippen LogP contribution in [0.15, 0.2) is 36.7 Å². The van der Waals surface area contributed by atoms with E-state index in [1.54, 1.807) is 10.9 Å². The molecule has 0 aliphatic heterocycles. The molecule has 0 spiro atoms. The van der Waals surface area contributed by atoms with Crippen LogP contribution in [0.1, 0.15) is 11.3 Å². The van der Waals surface area contributed by atoms with Gasteiger partial charge in [-0.1, -0.05) is 30.4 Å². The highest BCUT2D eigenvalue weighted by atomic mass is 32.1. The minimum absolute atomic E-state index is 0.317. The van der Waals surface area contributed by atoms with Crippen molar-refractivity contribution in [1.82, 2.24) is 14.8 Å². The number of nitrogens with two attached hydrogens (primary N) is 1. The van der Waals surface area contributed by atoms with Crippen molar-refractivity contribution in [3.05, 3.63) is 47.9 Å². The number of anilines is 2. The summed E-state index contributed by atoms with van der Waals surface area (Å²) in [6.45, 7) is 1.95. The number of pyridine rings is 1. The van der Waals surface area contributed by atoms with Crippen molar-refractivity contribution in [1.29, 1.82) is 0 Å². The van der Waals surface area contributed by atoms with Crippen LogP contribution in [0, 0.1) is 6.92 Å². The lowest BCUT2D eigenvalue weighted by Gasteiger charge is -2.13. The normalized spacial score (nSPS) is 10.8. The zero-order chi connectivity index (χ0) is 15.0. The zero-order valence-corrected chi connectivity index (χ0v) is 12.6. The van der Waals surface area contributed by atoms with Gasteiger partial charge in [0, 0.05) is 24.8 Å². The Bertz CT molecular complexity index is 837.